The summed E-state index contributed by atoms with van der Waals surface area (Å²) >= 11 is 0. The number of hydrogen-bond donors (Lipinski definition) is 1. The second-order valence-electron chi connectivity index (χ2n) is 2.91. The fraction of sp³-hybridized carbons (Fsp3) is 0.455. The Morgan fingerprint density at radius 1 is 1.44 bits per heavy atom. The monoisotopic (exact) mass is 229 g/mol. The van der Waals surface area contributed by atoms with Crippen LogP contribution in [0, 0.1) is 0 Å². The highest BCUT2D eigenvalue weighted by Gasteiger charge is 2.00. The number of ether oxygens (including phenoxy) is 1. The molecule has 0 saturated heterocycles. The van der Waals surface area contributed by atoms with Gasteiger partial charge < -0.3 is 9.57 Å². The first-order valence-electron chi connectivity index (χ1n) is 4.85. The Kier molecular flexibility index (Phi) is 12.0. The molecule has 5 heteroatoms. The van der Waals surface area contributed by atoms with Crippen molar-refractivity contribution in [3.63, 3.8) is 0 Å². The molecule has 0 rings (SSSR count). The first kappa shape index (κ1) is 16.8. The van der Waals surface area contributed by atoms with Crippen molar-refractivity contribution in [1.29, 1.82) is 0 Å². The molecule has 0 aliphatic rings. The second-order valence-corrected chi connectivity index (χ2v) is 2.91. The minimum absolute atomic E-state index is 0.284. The van der Waals surface area contributed by atoms with E-state index in [0.29, 0.717) is 12.2 Å². The number of unbranched alkanes of at least 4 members (excludes halogenated alkanes) is 1. The average molecular weight is 229 g/mol. The van der Waals surface area contributed by atoms with Crippen molar-refractivity contribution in [3.8, 4) is 0 Å². The molecule has 0 heterocycles. The van der Waals surface area contributed by atoms with Crippen LogP contribution < -0.4 is 5.90 Å². The fourth-order valence-electron chi connectivity index (χ4n) is 0.481. The van der Waals surface area contributed by atoms with Gasteiger partial charge in [0.05, 0.1) is 6.61 Å². The van der Waals surface area contributed by atoms with Gasteiger partial charge in [-0.3, -0.25) is 0 Å². The van der Waals surface area contributed by atoms with Crippen molar-refractivity contribution in [2.24, 2.45) is 5.90 Å². The van der Waals surface area contributed by atoms with Crippen molar-refractivity contribution in [2.75, 3.05) is 6.61 Å². The van der Waals surface area contributed by atoms with Gasteiger partial charge in [0.25, 0.3) is 0 Å². The quantitative estimate of drug-likeness (QED) is 0.334. The van der Waals surface area contributed by atoms with Crippen LogP contribution in [0.2, 0.25) is 0 Å². The third-order valence-corrected chi connectivity index (χ3v) is 1.36. The topological polar surface area (TPSA) is 78.6 Å². The fourth-order valence-corrected chi connectivity index (χ4v) is 0.481. The summed E-state index contributed by atoms with van der Waals surface area (Å²) in [5, 5.41) is 0. The minimum atomic E-state index is -0.616. The van der Waals surface area contributed by atoms with Crippen LogP contribution in [0.5, 0.6) is 0 Å². The van der Waals surface area contributed by atoms with Gasteiger partial charge in [0.2, 0.25) is 0 Å². The van der Waals surface area contributed by atoms with E-state index in [2.05, 4.69) is 30.8 Å². The van der Waals surface area contributed by atoms with E-state index >= 15 is 0 Å². The smallest absolute Gasteiger partial charge is 0.348 e. The Hall–Kier alpha value is -1.62. The van der Waals surface area contributed by atoms with E-state index in [9.17, 15) is 9.59 Å². The first-order valence-corrected chi connectivity index (χ1v) is 4.85. The zero-order valence-corrected chi connectivity index (χ0v) is 9.82. The summed E-state index contributed by atoms with van der Waals surface area (Å²) < 4.78 is 4.81. The number of rotatable bonds is 5. The van der Waals surface area contributed by atoms with Crippen LogP contribution >= 0.6 is 0 Å². The van der Waals surface area contributed by atoms with Crippen molar-refractivity contribution >= 4 is 11.9 Å². The van der Waals surface area contributed by atoms with Crippen molar-refractivity contribution in [2.45, 2.75) is 26.7 Å². The van der Waals surface area contributed by atoms with Gasteiger partial charge in [0.1, 0.15) is 0 Å². The molecule has 5 nitrogen and oxygen atoms in total. The highest BCUT2D eigenvalue weighted by atomic mass is 16.7. The van der Waals surface area contributed by atoms with Gasteiger partial charge in [0.15, 0.2) is 0 Å². The molecule has 0 fully saturated rings. The molecule has 0 radical (unpaired) electrons. The van der Waals surface area contributed by atoms with Gasteiger partial charge in [0, 0.05) is 11.6 Å². The molecule has 0 aromatic carbocycles. The molecule has 0 bridgehead atoms. The van der Waals surface area contributed by atoms with Gasteiger partial charge in [-0.15, -0.1) is 0 Å². The summed E-state index contributed by atoms with van der Waals surface area (Å²) in [5.41, 5.74) is 0.469. The summed E-state index contributed by atoms with van der Waals surface area (Å²) in [5.74, 6) is 3.46. The van der Waals surface area contributed by atoms with E-state index in [1.807, 2.05) is 0 Å². The van der Waals surface area contributed by atoms with Gasteiger partial charge in [-0.1, -0.05) is 26.5 Å². The largest absolute Gasteiger partial charge is 0.462 e. The molecule has 0 aromatic heterocycles. The lowest BCUT2D eigenvalue weighted by molar-refractivity contribution is -0.139. The van der Waals surface area contributed by atoms with Crippen LogP contribution in [0.4, 0.5) is 0 Å². The number of carbonyl (C=O) groups excluding carboxylic acids is 2. The molecular weight excluding hydrogens is 210 g/mol. The van der Waals surface area contributed by atoms with Gasteiger partial charge in [-0.25, -0.2) is 9.59 Å². The summed E-state index contributed by atoms with van der Waals surface area (Å²) in [6, 6.07) is 0. The molecular formula is C11H19NO4. The number of hydrogen-bond acceptors (Lipinski definition) is 5. The molecule has 0 aromatic rings. The third kappa shape index (κ3) is 12.4. The molecule has 0 amide bonds. The molecule has 92 valence electrons. The molecule has 0 atom stereocenters. The van der Waals surface area contributed by atoms with Crippen molar-refractivity contribution in [3.05, 3.63) is 24.8 Å². The summed E-state index contributed by atoms with van der Waals surface area (Å²) in [6.07, 6.45) is 2.96. The van der Waals surface area contributed by atoms with Crippen LogP contribution in [-0.2, 0) is 19.2 Å². The molecule has 2 N–H and O–H groups in total. The summed E-state index contributed by atoms with van der Waals surface area (Å²) in [4.78, 5) is 24.1. The van der Waals surface area contributed by atoms with Crippen LogP contribution in [0.25, 0.3) is 0 Å². The summed E-state index contributed by atoms with van der Waals surface area (Å²) in [6.45, 7) is 10.7. The maximum absolute atomic E-state index is 10.7. The zero-order valence-electron chi connectivity index (χ0n) is 9.82. The number of nitrogens with two attached hydrogens (primary N) is 1. The van der Waals surface area contributed by atoms with E-state index in [4.69, 9.17) is 4.74 Å². The van der Waals surface area contributed by atoms with E-state index in [1.165, 1.54) is 0 Å². The summed E-state index contributed by atoms with van der Waals surface area (Å²) in [7, 11) is 0. The van der Waals surface area contributed by atoms with Gasteiger partial charge in [-0.05, 0) is 13.3 Å². The van der Waals surface area contributed by atoms with E-state index < -0.39 is 5.97 Å². The predicted octanol–water partition coefficient (Wildman–Crippen LogP) is 1.50. The van der Waals surface area contributed by atoms with Crippen LogP contribution in [0.15, 0.2) is 24.8 Å². The van der Waals surface area contributed by atoms with E-state index in [0.717, 1.165) is 18.9 Å². The van der Waals surface area contributed by atoms with E-state index in [-0.39, 0.29) is 5.97 Å². The van der Waals surface area contributed by atoms with Crippen molar-refractivity contribution in [1.82, 2.24) is 0 Å². The average Bonchev–Trinajstić information content (AvgIpc) is 2.28. The second kappa shape index (κ2) is 11.5. The Labute approximate surface area is 95.9 Å². The van der Waals surface area contributed by atoms with Gasteiger partial charge >= 0.3 is 11.9 Å². The SMILES string of the molecule is C=C(C)C(=O)OCCCC.C=CC(=O)ON. The first-order chi connectivity index (χ1) is 7.49. The Bertz CT molecular complexity index is 248. The Balaban J connectivity index is 0. The lowest BCUT2D eigenvalue weighted by Crippen LogP contribution is -2.05. The molecule has 0 saturated carbocycles. The third-order valence-electron chi connectivity index (χ3n) is 1.36. The maximum atomic E-state index is 10.7. The van der Waals surface area contributed by atoms with Crippen LogP contribution in [0.1, 0.15) is 26.7 Å². The Morgan fingerprint density at radius 3 is 2.25 bits per heavy atom. The highest BCUT2D eigenvalue weighted by Crippen LogP contribution is 1.94. The minimum Gasteiger partial charge on any atom is -0.462 e. The molecule has 0 aliphatic heterocycles. The van der Waals surface area contributed by atoms with Gasteiger partial charge in [-0.2, -0.15) is 5.90 Å². The Morgan fingerprint density at radius 2 is 2.00 bits per heavy atom. The predicted molar refractivity (Wildman–Crippen MR) is 61.2 cm³/mol. The van der Waals surface area contributed by atoms with Crippen LogP contribution in [0.3, 0.4) is 0 Å². The number of carbonyl (C=O) groups is 2. The maximum Gasteiger partial charge on any atom is 0.348 e. The normalized spacial score (nSPS) is 8.19. The zero-order chi connectivity index (χ0) is 13.0. The molecule has 0 unspecified atom stereocenters. The molecule has 0 spiro atoms. The van der Waals surface area contributed by atoms with Crippen LogP contribution in [-0.4, -0.2) is 18.5 Å². The molecule has 16 heavy (non-hydrogen) atoms. The lowest BCUT2D eigenvalue weighted by atomic mass is 10.3. The lowest BCUT2D eigenvalue weighted by Gasteiger charge is -2.01. The van der Waals surface area contributed by atoms with E-state index in [1.54, 1.807) is 6.92 Å². The van der Waals surface area contributed by atoms with Crippen molar-refractivity contribution < 1.29 is 19.2 Å². The standard InChI is InChI=1S/C8H14O2.C3H5NO2/c1-4-5-6-10-8(9)7(2)3;1-2-3(5)6-4/h2,4-6H2,1,3H3;2H,1,4H2. The highest BCUT2D eigenvalue weighted by molar-refractivity contribution is 5.86. The molecule has 0 aliphatic carbocycles. The number of esters is 1.